The number of nitrogens with two attached hydrogens (primary N) is 1. The summed E-state index contributed by atoms with van der Waals surface area (Å²) in [5, 5.41) is 9.81. The van der Waals surface area contributed by atoms with Crippen LogP contribution in [0.15, 0.2) is 54.6 Å². The largest absolute Gasteiger partial charge is 0.491 e. The molecule has 0 radical (unpaired) electrons. The summed E-state index contributed by atoms with van der Waals surface area (Å²) < 4.78 is 11.7. The van der Waals surface area contributed by atoms with Gasteiger partial charge < -0.3 is 20.3 Å². The quantitative estimate of drug-likeness (QED) is 0.629. The van der Waals surface area contributed by atoms with Gasteiger partial charge in [-0.15, -0.1) is 0 Å². The molecule has 0 saturated carbocycles. The van der Waals surface area contributed by atoms with Crippen molar-refractivity contribution in [3.8, 4) is 33.8 Å². The molecule has 0 unspecified atom stereocenters. The molecule has 0 fully saturated rings. The van der Waals surface area contributed by atoms with Gasteiger partial charge in [0.15, 0.2) is 0 Å². The van der Waals surface area contributed by atoms with Crippen LogP contribution >= 0.6 is 0 Å². The molecule has 142 valence electrons. The van der Waals surface area contributed by atoms with Crippen molar-refractivity contribution in [1.29, 1.82) is 0 Å². The highest BCUT2D eigenvalue weighted by Gasteiger charge is 2.24. The van der Waals surface area contributed by atoms with Gasteiger partial charge in [-0.1, -0.05) is 24.3 Å². The molecular weight excluding hydrogens is 354 g/mol. The summed E-state index contributed by atoms with van der Waals surface area (Å²) in [4.78, 5) is 12.0. The van der Waals surface area contributed by atoms with E-state index in [1.54, 1.807) is 18.2 Å². The number of nitrogen functional groups attached to an aromatic ring is 1. The second-order valence-electron chi connectivity index (χ2n) is 7.06. The van der Waals surface area contributed by atoms with Gasteiger partial charge in [-0.25, -0.2) is 4.79 Å². The van der Waals surface area contributed by atoms with Crippen LogP contribution in [0, 0.1) is 0 Å². The van der Waals surface area contributed by atoms with E-state index < -0.39 is 5.97 Å². The molecule has 3 aromatic rings. The third kappa shape index (κ3) is 3.16. The van der Waals surface area contributed by atoms with Gasteiger partial charge in [0.1, 0.15) is 18.1 Å². The van der Waals surface area contributed by atoms with Crippen LogP contribution in [0.3, 0.4) is 0 Å². The summed E-state index contributed by atoms with van der Waals surface area (Å²) in [6, 6.07) is 16.5. The van der Waals surface area contributed by atoms with Gasteiger partial charge in [-0.2, -0.15) is 0 Å². The second-order valence-corrected chi connectivity index (χ2v) is 7.06. The predicted molar refractivity (Wildman–Crippen MR) is 109 cm³/mol. The van der Waals surface area contributed by atoms with E-state index in [0.29, 0.717) is 29.2 Å². The fourth-order valence-electron chi connectivity index (χ4n) is 3.51. The van der Waals surface area contributed by atoms with E-state index in [4.69, 9.17) is 15.2 Å². The molecule has 0 aromatic heterocycles. The normalized spacial score (nSPS) is 12.1. The topological polar surface area (TPSA) is 81.8 Å². The van der Waals surface area contributed by atoms with Gasteiger partial charge >= 0.3 is 5.97 Å². The van der Waals surface area contributed by atoms with Crippen LogP contribution in [0.4, 0.5) is 5.69 Å². The maximum absolute atomic E-state index is 12.0. The summed E-state index contributed by atoms with van der Waals surface area (Å²) >= 11 is 0. The predicted octanol–water partition coefficient (Wildman–Crippen LogP) is 4.98. The molecule has 0 bridgehead atoms. The van der Waals surface area contributed by atoms with Crippen molar-refractivity contribution < 1.29 is 19.4 Å². The first-order valence-corrected chi connectivity index (χ1v) is 9.13. The maximum atomic E-state index is 12.0. The molecule has 1 heterocycles. The number of rotatable bonds is 4. The second kappa shape index (κ2) is 6.93. The van der Waals surface area contributed by atoms with E-state index in [9.17, 15) is 9.90 Å². The van der Waals surface area contributed by atoms with Gasteiger partial charge in [-0.3, -0.25) is 0 Å². The molecular formula is C23H21NO4. The number of aromatic carboxylic acids is 1. The van der Waals surface area contributed by atoms with E-state index in [-0.39, 0.29) is 11.7 Å². The van der Waals surface area contributed by atoms with E-state index in [0.717, 1.165) is 22.4 Å². The van der Waals surface area contributed by atoms with Gasteiger partial charge in [0.05, 0.1) is 11.7 Å². The summed E-state index contributed by atoms with van der Waals surface area (Å²) in [7, 11) is 0. The minimum Gasteiger partial charge on any atom is -0.491 e. The van der Waals surface area contributed by atoms with Crippen molar-refractivity contribution in [2.24, 2.45) is 0 Å². The van der Waals surface area contributed by atoms with E-state index >= 15 is 0 Å². The van der Waals surface area contributed by atoms with Crippen LogP contribution in [-0.4, -0.2) is 17.2 Å². The van der Waals surface area contributed by atoms with Gasteiger partial charge in [0.2, 0.25) is 0 Å². The average Bonchev–Trinajstić information content (AvgIpc) is 2.66. The lowest BCUT2D eigenvalue weighted by Gasteiger charge is -2.24. The van der Waals surface area contributed by atoms with Crippen molar-refractivity contribution in [3.63, 3.8) is 0 Å². The molecule has 3 N–H and O–H groups in total. The number of carboxylic acid groups (broad SMARTS) is 1. The van der Waals surface area contributed by atoms with E-state index in [1.165, 1.54) is 0 Å². The smallest absolute Gasteiger partial charge is 0.336 e. The first-order valence-electron chi connectivity index (χ1n) is 9.13. The van der Waals surface area contributed by atoms with Crippen LogP contribution < -0.4 is 15.2 Å². The summed E-state index contributed by atoms with van der Waals surface area (Å²) in [6.07, 6.45) is 0.0762. The van der Waals surface area contributed by atoms with Gasteiger partial charge in [0.25, 0.3) is 0 Å². The van der Waals surface area contributed by atoms with Crippen molar-refractivity contribution in [3.05, 3.63) is 65.7 Å². The third-order valence-electron chi connectivity index (χ3n) is 4.72. The zero-order chi connectivity index (χ0) is 19.8. The molecule has 0 amide bonds. The van der Waals surface area contributed by atoms with Crippen molar-refractivity contribution >= 4 is 11.7 Å². The Kier molecular flexibility index (Phi) is 4.43. The minimum absolute atomic E-state index is 0.0762. The van der Waals surface area contributed by atoms with Gasteiger partial charge in [-0.05, 0) is 49.7 Å². The van der Waals surface area contributed by atoms with Crippen LogP contribution in [0.2, 0.25) is 0 Å². The Labute approximate surface area is 163 Å². The number of carboxylic acids is 1. The zero-order valence-corrected chi connectivity index (χ0v) is 15.7. The number of anilines is 1. The van der Waals surface area contributed by atoms with Crippen LogP contribution in [0.25, 0.3) is 22.3 Å². The first-order chi connectivity index (χ1) is 13.4. The first kappa shape index (κ1) is 17.9. The Morgan fingerprint density at radius 3 is 2.54 bits per heavy atom. The molecule has 0 aliphatic carbocycles. The van der Waals surface area contributed by atoms with Gasteiger partial charge in [0, 0.05) is 27.9 Å². The molecule has 1 aliphatic heterocycles. The Bertz CT molecular complexity index is 1070. The number of benzene rings is 3. The summed E-state index contributed by atoms with van der Waals surface area (Å²) in [6.45, 7) is 4.34. The highest BCUT2D eigenvalue weighted by molar-refractivity contribution is 6.00. The molecule has 0 spiro atoms. The number of ether oxygens (including phenoxy) is 2. The molecule has 1 aliphatic rings. The Morgan fingerprint density at radius 2 is 1.82 bits per heavy atom. The van der Waals surface area contributed by atoms with Crippen molar-refractivity contribution in [1.82, 2.24) is 0 Å². The number of para-hydroxylation sites is 1. The Balaban J connectivity index is 1.86. The summed E-state index contributed by atoms with van der Waals surface area (Å²) in [5.41, 5.74) is 10.7. The molecule has 28 heavy (non-hydrogen) atoms. The molecule has 0 atom stereocenters. The Morgan fingerprint density at radius 1 is 1.04 bits per heavy atom. The van der Waals surface area contributed by atoms with Crippen LogP contribution in [0.5, 0.6) is 11.5 Å². The van der Waals surface area contributed by atoms with E-state index in [1.807, 2.05) is 50.2 Å². The van der Waals surface area contributed by atoms with E-state index in [2.05, 4.69) is 0 Å². The monoisotopic (exact) mass is 375 g/mol. The van der Waals surface area contributed by atoms with Crippen LogP contribution in [0.1, 0.15) is 29.8 Å². The lowest BCUT2D eigenvalue weighted by Crippen LogP contribution is -2.10. The lowest BCUT2D eigenvalue weighted by atomic mass is 9.90. The molecule has 4 rings (SSSR count). The Hall–Kier alpha value is -3.47. The fraction of sp³-hybridized carbons (Fsp3) is 0.174. The molecule has 0 saturated heterocycles. The number of hydrogen-bond acceptors (Lipinski definition) is 4. The lowest BCUT2D eigenvalue weighted by molar-refractivity contribution is 0.0697. The fourth-order valence-corrected chi connectivity index (χ4v) is 3.51. The SMILES string of the molecule is CC(C)Oc1ccc2c(c1)COc1cc(-c3ccccc3N)c(C(=O)O)cc1-2. The van der Waals surface area contributed by atoms with Crippen molar-refractivity contribution in [2.75, 3.05) is 5.73 Å². The molecule has 5 nitrogen and oxygen atoms in total. The highest BCUT2D eigenvalue weighted by atomic mass is 16.5. The minimum atomic E-state index is -1.01. The standard InChI is InChI=1S/C23H21NO4/c1-13(2)28-15-7-8-16-14(9-15)12-27-22-11-18(17-5-3-4-6-21(17)24)20(23(25)26)10-19(16)22/h3-11,13H,12,24H2,1-2H3,(H,25,26). The van der Waals surface area contributed by atoms with Crippen molar-refractivity contribution in [2.45, 2.75) is 26.6 Å². The third-order valence-corrected chi connectivity index (χ3v) is 4.72. The zero-order valence-electron chi connectivity index (χ0n) is 15.7. The number of fused-ring (bicyclic) bond motifs is 3. The highest BCUT2D eigenvalue weighted by Crippen LogP contribution is 2.43. The molecule has 5 heteroatoms. The van der Waals surface area contributed by atoms with Crippen LogP contribution in [-0.2, 0) is 6.61 Å². The maximum Gasteiger partial charge on any atom is 0.336 e. The molecule has 3 aromatic carbocycles. The average molecular weight is 375 g/mol. The number of carbonyl (C=O) groups is 1. The summed E-state index contributed by atoms with van der Waals surface area (Å²) in [5.74, 6) is 0.411. The number of hydrogen-bond donors (Lipinski definition) is 2.